The van der Waals surface area contributed by atoms with Gasteiger partial charge in [0.25, 0.3) is 0 Å². The van der Waals surface area contributed by atoms with Crippen molar-refractivity contribution in [3.8, 4) is 56.9 Å². The lowest BCUT2D eigenvalue weighted by atomic mass is 9.90. The molecule has 2 aromatic heterocycles. The van der Waals surface area contributed by atoms with E-state index in [2.05, 4.69) is 26.7 Å². The summed E-state index contributed by atoms with van der Waals surface area (Å²) in [5.74, 6) is 0. The summed E-state index contributed by atoms with van der Waals surface area (Å²) in [6.07, 6.45) is -10.5. The highest BCUT2D eigenvalue weighted by Gasteiger charge is 2.42. The van der Waals surface area contributed by atoms with Gasteiger partial charge in [-0.1, -0.05) is 78.9 Å². The fourth-order valence-electron chi connectivity index (χ4n) is 9.23. The number of halogens is 6. The molecule has 13 heteroatoms. The molecule has 0 radical (unpaired) electrons. The molecule has 0 aliphatic rings. The topological polar surface area (TPSA) is 70.5 Å². The van der Waals surface area contributed by atoms with Crippen LogP contribution in [0.1, 0.15) is 22.3 Å². The Morgan fingerprint density at radius 2 is 0.926 bits per heavy atom. The second-order valence-corrected chi connectivity index (χ2v) is 15.8. The highest BCUT2D eigenvalue weighted by atomic mass is 19.4. The molecule has 0 amide bonds. The van der Waals surface area contributed by atoms with Crippen LogP contribution >= 0.6 is 0 Å². The van der Waals surface area contributed by atoms with E-state index in [1.165, 1.54) is 28.8 Å². The van der Waals surface area contributed by atoms with E-state index in [0.29, 0.717) is 84.1 Å². The van der Waals surface area contributed by atoms with Gasteiger partial charge in [0.05, 0.1) is 70.4 Å². The van der Waals surface area contributed by atoms with Crippen molar-refractivity contribution in [2.75, 3.05) is 0 Å². The number of alkyl halides is 6. The predicted octanol–water partition coefficient (Wildman–Crippen LogP) is 16.3. The van der Waals surface area contributed by atoms with Gasteiger partial charge in [-0.25, -0.2) is 14.5 Å². The van der Waals surface area contributed by atoms with Crippen molar-refractivity contribution in [3.63, 3.8) is 0 Å². The number of hydrogen-bond donors (Lipinski definition) is 0. The molecule has 0 saturated heterocycles. The van der Waals surface area contributed by atoms with Crippen LogP contribution in [0.15, 0.2) is 152 Å². The number of nitriles is 2. The van der Waals surface area contributed by atoms with Crippen LogP contribution in [0, 0.1) is 42.4 Å². The second kappa shape index (κ2) is 15.8. The Hall–Kier alpha value is -9.61. The molecule has 7 nitrogen and oxygen atoms in total. The predicted molar refractivity (Wildman–Crippen MR) is 250 cm³/mol. The van der Waals surface area contributed by atoms with Crippen molar-refractivity contribution >= 4 is 60.7 Å². The summed E-state index contributed by atoms with van der Waals surface area (Å²) in [5.41, 5.74) is 0.166. The van der Waals surface area contributed by atoms with Gasteiger partial charge in [-0.15, -0.1) is 0 Å². The summed E-state index contributed by atoms with van der Waals surface area (Å²) >= 11 is 0. The summed E-state index contributed by atoms with van der Waals surface area (Å²) in [6.45, 7) is 22.8. The fourth-order valence-corrected chi connectivity index (χ4v) is 9.23. The van der Waals surface area contributed by atoms with Crippen LogP contribution in [0.25, 0.3) is 103 Å². The van der Waals surface area contributed by atoms with Crippen LogP contribution in [0.3, 0.4) is 0 Å². The lowest BCUT2D eigenvalue weighted by Crippen LogP contribution is -2.16. The molecule has 0 unspecified atom stereocenters. The average Bonchev–Trinajstić information content (AvgIpc) is 3.86. The van der Waals surface area contributed by atoms with E-state index >= 15 is 26.3 Å². The van der Waals surface area contributed by atoms with Gasteiger partial charge in [-0.2, -0.15) is 36.9 Å². The minimum Gasteiger partial charge on any atom is -0.308 e. The number of benzene rings is 8. The summed E-state index contributed by atoms with van der Waals surface area (Å²) in [4.78, 5) is 10.6. The zero-order chi connectivity index (χ0) is 47.6. The zero-order valence-corrected chi connectivity index (χ0v) is 34.8. The van der Waals surface area contributed by atoms with Gasteiger partial charge >= 0.3 is 12.4 Å². The van der Waals surface area contributed by atoms with Gasteiger partial charge in [0.2, 0.25) is 0 Å². The van der Waals surface area contributed by atoms with Crippen molar-refractivity contribution in [2.45, 2.75) is 12.4 Å². The molecule has 0 spiro atoms. The minimum absolute atomic E-state index is 0.162. The zero-order valence-electron chi connectivity index (χ0n) is 34.8. The number of nitrogens with zero attached hydrogens (tertiary/aromatic N) is 7. The van der Waals surface area contributed by atoms with Gasteiger partial charge in [0.15, 0.2) is 17.1 Å². The molecule has 10 aromatic rings. The molecule has 0 bridgehead atoms. The molecule has 0 atom stereocenters. The van der Waals surface area contributed by atoms with Gasteiger partial charge < -0.3 is 9.13 Å². The normalized spacial score (nSPS) is 11.6. The summed E-state index contributed by atoms with van der Waals surface area (Å²) in [5, 5.41) is 23.7. The maximum atomic E-state index is 15.2. The monoisotopic (exact) mass is 897 g/mol. The van der Waals surface area contributed by atoms with Crippen molar-refractivity contribution in [1.82, 2.24) is 9.13 Å². The molecule has 68 heavy (non-hydrogen) atoms. The van der Waals surface area contributed by atoms with Crippen molar-refractivity contribution < 1.29 is 26.3 Å². The van der Waals surface area contributed by atoms with Gasteiger partial charge in [0.1, 0.15) is 11.6 Å². The molecule has 0 saturated carbocycles. The Kier molecular flexibility index (Phi) is 9.85. The van der Waals surface area contributed by atoms with Crippen LogP contribution in [0.2, 0.25) is 0 Å². The molecule has 0 aliphatic heterocycles. The van der Waals surface area contributed by atoms with E-state index in [4.69, 9.17) is 19.7 Å². The number of fused-ring (bicyclic) bond motifs is 6. The molecule has 2 heterocycles. The molecule has 322 valence electrons. The minimum atomic E-state index is -5.26. The third-order valence-electron chi connectivity index (χ3n) is 12.0. The first kappa shape index (κ1) is 42.3. The maximum absolute atomic E-state index is 15.2. The molecule has 0 N–H and O–H groups in total. The molecular formula is C55H25F6N7. The van der Waals surface area contributed by atoms with Crippen molar-refractivity contribution in [1.29, 1.82) is 10.5 Å². The van der Waals surface area contributed by atoms with Crippen LogP contribution in [0.5, 0.6) is 0 Å². The maximum Gasteiger partial charge on any atom is 0.417 e. The Balaban J connectivity index is 1.34. The van der Waals surface area contributed by atoms with E-state index < -0.39 is 34.6 Å². The third kappa shape index (κ3) is 6.81. The van der Waals surface area contributed by atoms with Gasteiger partial charge in [-0.3, -0.25) is 0 Å². The highest BCUT2D eigenvalue weighted by Crippen LogP contribution is 2.50. The molecule has 0 fully saturated rings. The number of rotatable bonds is 5. The van der Waals surface area contributed by atoms with Crippen molar-refractivity contribution in [3.05, 3.63) is 208 Å². The Labute approximate surface area is 382 Å². The van der Waals surface area contributed by atoms with E-state index in [1.54, 1.807) is 95.6 Å². The first-order valence-electron chi connectivity index (χ1n) is 20.5. The number of para-hydroxylation sites is 2. The molecule has 8 aromatic carbocycles. The van der Waals surface area contributed by atoms with E-state index in [0.717, 1.165) is 0 Å². The molecular weight excluding hydrogens is 873 g/mol. The third-order valence-corrected chi connectivity index (χ3v) is 12.0. The lowest BCUT2D eigenvalue weighted by molar-refractivity contribution is -0.142. The average molecular weight is 898 g/mol. The smallest absolute Gasteiger partial charge is 0.308 e. The van der Waals surface area contributed by atoms with E-state index in [9.17, 15) is 10.5 Å². The first-order valence-corrected chi connectivity index (χ1v) is 20.5. The standard InChI is InChI=1S/C55H25F6N7/c1-64-36-22-31(29-62)21-34(23-36)32-15-18-49-42(26-32)39-9-4-6-13-47(39)67(49)51-20-17-41(52-45(54(56,57)58)11-8-12-46(52)55(59,60)61)53(44(51)30-63)68-48-14-7-5-10-40(48)43-27-33(16-19-50(43)68)35-24-37(65-2)28-38(25-35)66-3/h4-28H. The van der Waals surface area contributed by atoms with Crippen LogP contribution in [-0.2, 0) is 12.4 Å². The number of hydrogen-bond acceptors (Lipinski definition) is 2. The Morgan fingerprint density at radius 1 is 0.441 bits per heavy atom. The molecule has 10 rings (SSSR count). The number of aromatic nitrogens is 2. The largest absolute Gasteiger partial charge is 0.417 e. The Morgan fingerprint density at radius 3 is 1.44 bits per heavy atom. The Bertz CT molecular complexity index is 3930. The molecule has 0 aliphatic carbocycles. The first-order chi connectivity index (χ1) is 32.8. The van der Waals surface area contributed by atoms with E-state index in [-0.39, 0.29) is 39.6 Å². The SMILES string of the molecule is [C-]#[N+]c1cc(C#N)cc(-c2ccc3c(c2)c2ccccc2n3-c2ccc(-c3c(C(F)(F)F)cccc3C(F)(F)F)c(-n3c4ccccc4c4cc(-c5cc([N+]#[C-])cc([N+]#[C-])c5)ccc43)c2C#N)c1. The van der Waals surface area contributed by atoms with E-state index in [1.807, 2.05) is 18.2 Å². The highest BCUT2D eigenvalue weighted by molar-refractivity contribution is 6.13. The van der Waals surface area contributed by atoms with Crippen molar-refractivity contribution in [2.24, 2.45) is 0 Å². The lowest BCUT2D eigenvalue weighted by Gasteiger charge is -2.24. The van der Waals surface area contributed by atoms with Crippen LogP contribution in [-0.4, -0.2) is 9.13 Å². The van der Waals surface area contributed by atoms with Crippen LogP contribution < -0.4 is 0 Å². The summed E-state index contributed by atoms with van der Waals surface area (Å²) in [6, 6.07) is 42.9. The quantitative estimate of drug-likeness (QED) is 0.128. The fraction of sp³-hybridized carbons (Fsp3) is 0.0364. The summed E-state index contributed by atoms with van der Waals surface area (Å²) in [7, 11) is 0. The van der Waals surface area contributed by atoms with Crippen LogP contribution in [0.4, 0.5) is 43.4 Å². The van der Waals surface area contributed by atoms with Gasteiger partial charge in [0, 0.05) is 38.2 Å². The van der Waals surface area contributed by atoms with Gasteiger partial charge in [-0.05, 0) is 95.1 Å². The summed E-state index contributed by atoms with van der Waals surface area (Å²) < 4.78 is 94.2. The second-order valence-electron chi connectivity index (χ2n) is 15.8.